The van der Waals surface area contributed by atoms with Crippen LogP contribution in [0.1, 0.15) is 41.4 Å². The standard InChI is InChI=1S/C21H30N6O/c28-21(20-16-27(25-24-20)19-6-10-22-11-7-19)23-14-18-9-13-26(15-18)12-8-17-4-2-1-3-5-17/h1-5,16,18-19,22H,6-15H2,(H,23,28). The number of nitrogens with zero attached hydrogens (tertiary/aromatic N) is 4. The van der Waals surface area contributed by atoms with E-state index in [1.54, 1.807) is 6.20 Å². The predicted octanol–water partition coefficient (Wildman–Crippen LogP) is 1.50. The van der Waals surface area contributed by atoms with Crippen molar-refractivity contribution in [3.8, 4) is 0 Å². The second-order valence-corrected chi connectivity index (χ2v) is 7.97. The van der Waals surface area contributed by atoms with Crippen LogP contribution in [0.5, 0.6) is 0 Å². The zero-order chi connectivity index (χ0) is 19.2. The van der Waals surface area contributed by atoms with E-state index in [2.05, 4.69) is 56.2 Å². The Morgan fingerprint density at radius 2 is 2.00 bits per heavy atom. The Morgan fingerprint density at radius 3 is 2.82 bits per heavy atom. The average Bonchev–Trinajstić information content (AvgIpc) is 3.42. The number of benzene rings is 1. The number of hydrogen-bond acceptors (Lipinski definition) is 5. The maximum atomic E-state index is 12.4. The number of nitrogens with one attached hydrogen (secondary N) is 2. The Morgan fingerprint density at radius 1 is 1.18 bits per heavy atom. The zero-order valence-corrected chi connectivity index (χ0v) is 16.4. The van der Waals surface area contributed by atoms with Crippen LogP contribution in [0.25, 0.3) is 0 Å². The van der Waals surface area contributed by atoms with Crippen LogP contribution in [0.15, 0.2) is 36.5 Å². The van der Waals surface area contributed by atoms with Crippen molar-refractivity contribution in [2.75, 3.05) is 39.3 Å². The number of carbonyl (C=O) groups excluding carboxylic acids is 1. The van der Waals surface area contributed by atoms with Gasteiger partial charge in [0.05, 0.1) is 12.2 Å². The van der Waals surface area contributed by atoms with Gasteiger partial charge in [-0.1, -0.05) is 35.5 Å². The van der Waals surface area contributed by atoms with E-state index in [1.165, 1.54) is 5.56 Å². The predicted molar refractivity (Wildman–Crippen MR) is 108 cm³/mol. The molecule has 7 nitrogen and oxygen atoms in total. The third kappa shape index (κ3) is 4.97. The molecule has 1 unspecified atom stereocenters. The molecule has 0 aliphatic carbocycles. The molecule has 150 valence electrons. The van der Waals surface area contributed by atoms with Crippen LogP contribution >= 0.6 is 0 Å². The number of piperidine rings is 1. The number of likely N-dealkylation sites (tertiary alicyclic amines) is 1. The molecule has 28 heavy (non-hydrogen) atoms. The topological polar surface area (TPSA) is 75.1 Å². The molecule has 2 saturated heterocycles. The van der Waals surface area contributed by atoms with Gasteiger partial charge in [0.2, 0.25) is 0 Å². The third-order valence-corrected chi connectivity index (χ3v) is 5.91. The molecule has 1 amide bonds. The second-order valence-electron chi connectivity index (χ2n) is 7.97. The van der Waals surface area contributed by atoms with Crippen molar-refractivity contribution < 1.29 is 4.79 Å². The SMILES string of the molecule is O=C(NCC1CCN(CCc2ccccc2)C1)c1cn(C2CCNCC2)nn1. The molecule has 2 aliphatic rings. The van der Waals surface area contributed by atoms with Gasteiger partial charge in [-0.15, -0.1) is 5.10 Å². The molecule has 2 aliphatic heterocycles. The van der Waals surface area contributed by atoms with Crippen LogP contribution in [0, 0.1) is 5.92 Å². The molecular formula is C21H30N6O. The summed E-state index contributed by atoms with van der Waals surface area (Å²) in [5, 5.41) is 14.7. The summed E-state index contributed by atoms with van der Waals surface area (Å²) in [6, 6.07) is 11.0. The van der Waals surface area contributed by atoms with Gasteiger partial charge in [-0.3, -0.25) is 4.79 Å². The Balaban J connectivity index is 1.19. The highest BCUT2D eigenvalue weighted by Crippen LogP contribution is 2.18. The summed E-state index contributed by atoms with van der Waals surface area (Å²) in [7, 11) is 0. The molecule has 1 aromatic carbocycles. The van der Waals surface area contributed by atoms with Gasteiger partial charge < -0.3 is 15.5 Å². The van der Waals surface area contributed by atoms with Crippen molar-refractivity contribution in [3.05, 3.63) is 47.8 Å². The lowest BCUT2D eigenvalue weighted by atomic mass is 10.1. The van der Waals surface area contributed by atoms with E-state index < -0.39 is 0 Å². The molecule has 7 heteroatoms. The molecule has 1 atom stereocenters. The first-order valence-corrected chi connectivity index (χ1v) is 10.4. The highest BCUT2D eigenvalue weighted by molar-refractivity contribution is 5.91. The summed E-state index contributed by atoms with van der Waals surface area (Å²) in [5.41, 5.74) is 1.81. The quantitative estimate of drug-likeness (QED) is 0.759. The summed E-state index contributed by atoms with van der Waals surface area (Å²) < 4.78 is 1.86. The highest BCUT2D eigenvalue weighted by Gasteiger charge is 2.24. The molecule has 0 spiro atoms. The molecule has 0 bridgehead atoms. The molecule has 3 heterocycles. The summed E-state index contributed by atoms with van der Waals surface area (Å²) in [5.74, 6) is 0.405. The minimum absolute atomic E-state index is 0.108. The molecule has 4 rings (SSSR count). The highest BCUT2D eigenvalue weighted by atomic mass is 16.2. The van der Waals surface area contributed by atoms with E-state index in [1.807, 2.05) is 4.68 Å². The minimum Gasteiger partial charge on any atom is -0.350 e. The number of rotatable bonds is 7. The summed E-state index contributed by atoms with van der Waals surface area (Å²) in [4.78, 5) is 14.9. The maximum Gasteiger partial charge on any atom is 0.273 e. The van der Waals surface area contributed by atoms with Crippen molar-refractivity contribution >= 4 is 5.91 Å². The van der Waals surface area contributed by atoms with Gasteiger partial charge in [0.1, 0.15) is 0 Å². The summed E-state index contributed by atoms with van der Waals surface area (Å²) in [6.45, 7) is 5.94. The van der Waals surface area contributed by atoms with Gasteiger partial charge in [-0.05, 0) is 56.8 Å². The van der Waals surface area contributed by atoms with Gasteiger partial charge in [0.15, 0.2) is 5.69 Å². The monoisotopic (exact) mass is 382 g/mol. The van der Waals surface area contributed by atoms with E-state index in [9.17, 15) is 4.79 Å². The molecule has 2 N–H and O–H groups in total. The number of hydrogen-bond donors (Lipinski definition) is 2. The normalized spacial score (nSPS) is 21.1. The fourth-order valence-corrected chi connectivity index (χ4v) is 4.17. The van der Waals surface area contributed by atoms with Gasteiger partial charge in [-0.2, -0.15) is 0 Å². The first kappa shape index (κ1) is 19.1. The van der Waals surface area contributed by atoms with Crippen molar-refractivity contribution in [1.82, 2.24) is 30.5 Å². The fraction of sp³-hybridized carbons (Fsp3) is 0.571. The fourth-order valence-electron chi connectivity index (χ4n) is 4.17. The summed E-state index contributed by atoms with van der Waals surface area (Å²) in [6.07, 6.45) is 6.08. The van der Waals surface area contributed by atoms with Gasteiger partial charge in [0.25, 0.3) is 5.91 Å². The number of aromatic nitrogens is 3. The zero-order valence-electron chi connectivity index (χ0n) is 16.4. The number of carbonyl (C=O) groups is 1. The van der Waals surface area contributed by atoms with E-state index in [0.29, 0.717) is 24.2 Å². The van der Waals surface area contributed by atoms with Crippen LogP contribution in [0.2, 0.25) is 0 Å². The Hall–Kier alpha value is -2.25. The Kier molecular flexibility index (Phi) is 6.34. The van der Waals surface area contributed by atoms with Crippen molar-refractivity contribution in [1.29, 1.82) is 0 Å². The third-order valence-electron chi connectivity index (χ3n) is 5.91. The second kappa shape index (κ2) is 9.30. The van der Waals surface area contributed by atoms with Gasteiger partial charge >= 0.3 is 0 Å². The Labute approximate surface area is 166 Å². The van der Waals surface area contributed by atoms with Gasteiger partial charge in [-0.25, -0.2) is 4.68 Å². The molecule has 2 fully saturated rings. The summed E-state index contributed by atoms with van der Waals surface area (Å²) >= 11 is 0. The van der Waals surface area contributed by atoms with Crippen LogP contribution in [-0.2, 0) is 6.42 Å². The van der Waals surface area contributed by atoms with Crippen molar-refractivity contribution in [2.45, 2.75) is 31.7 Å². The lowest BCUT2D eigenvalue weighted by Crippen LogP contribution is -2.31. The Bertz CT molecular complexity index is 755. The first-order chi connectivity index (χ1) is 13.8. The lowest BCUT2D eigenvalue weighted by Gasteiger charge is -2.22. The maximum absolute atomic E-state index is 12.4. The van der Waals surface area contributed by atoms with E-state index in [0.717, 1.165) is 58.4 Å². The van der Waals surface area contributed by atoms with E-state index in [4.69, 9.17) is 0 Å². The first-order valence-electron chi connectivity index (χ1n) is 10.4. The smallest absolute Gasteiger partial charge is 0.273 e. The largest absolute Gasteiger partial charge is 0.350 e. The minimum atomic E-state index is -0.108. The molecule has 2 aromatic rings. The molecule has 1 aromatic heterocycles. The molecule has 0 saturated carbocycles. The average molecular weight is 383 g/mol. The van der Waals surface area contributed by atoms with Crippen molar-refractivity contribution in [2.24, 2.45) is 5.92 Å². The van der Waals surface area contributed by atoms with Crippen LogP contribution in [0.4, 0.5) is 0 Å². The van der Waals surface area contributed by atoms with Crippen LogP contribution in [-0.4, -0.2) is 65.1 Å². The van der Waals surface area contributed by atoms with Gasteiger partial charge in [0, 0.05) is 19.6 Å². The van der Waals surface area contributed by atoms with Crippen molar-refractivity contribution in [3.63, 3.8) is 0 Å². The van der Waals surface area contributed by atoms with E-state index >= 15 is 0 Å². The lowest BCUT2D eigenvalue weighted by molar-refractivity contribution is 0.0942. The molecular weight excluding hydrogens is 352 g/mol. The van der Waals surface area contributed by atoms with Crippen LogP contribution in [0.3, 0.4) is 0 Å². The van der Waals surface area contributed by atoms with E-state index in [-0.39, 0.29) is 5.91 Å². The molecule has 0 radical (unpaired) electrons. The van der Waals surface area contributed by atoms with Crippen LogP contribution < -0.4 is 10.6 Å². The number of amides is 1.